The highest BCUT2D eigenvalue weighted by atomic mass is 16.5. The summed E-state index contributed by atoms with van der Waals surface area (Å²) in [5, 5.41) is 7.22. The van der Waals surface area contributed by atoms with E-state index in [1.54, 1.807) is 6.92 Å². The van der Waals surface area contributed by atoms with Crippen LogP contribution in [0.3, 0.4) is 0 Å². The van der Waals surface area contributed by atoms with Gasteiger partial charge in [0.15, 0.2) is 5.90 Å². The Morgan fingerprint density at radius 1 is 1.29 bits per heavy atom. The van der Waals surface area contributed by atoms with Crippen molar-refractivity contribution in [2.45, 2.75) is 26.7 Å². The van der Waals surface area contributed by atoms with Gasteiger partial charge in [-0.3, -0.25) is 5.41 Å². The first-order chi connectivity index (χ1) is 8.00. The second kappa shape index (κ2) is 6.04. The van der Waals surface area contributed by atoms with Crippen molar-refractivity contribution in [3.8, 4) is 0 Å². The summed E-state index contributed by atoms with van der Waals surface area (Å²) in [6.07, 6.45) is 1.72. The molecule has 0 atom stereocenters. The van der Waals surface area contributed by atoms with E-state index in [1.807, 2.05) is 12.1 Å². The van der Waals surface area contributed by atoms with E-state index < -0.39 is 0 Å². The molecule has 0 amide bonds. The fourth-order valence-electron chi connectivity index (χ4n) is 1.57. The number of hydrogen-bond donors (Lipinski definition) is 1. The molecule has 1 N–H and O–H groups in total. The molecule has 0 saturated heterocycles. The first-order valence-electron chi connectivity index (χ1n) is 5.65. The van der Waals surface area contributed by atoms with Crippen molar-refractivity contribution < 1.29 is 4.74 Å². The first kappa shape index (κ1) is 13.2. The minimum atomic E-state index is 0.145. The minimum Gasteiger partial charge on any atom is -0.444 e. The van der Waals surface area contributed by atoms with E-state index >= 15 is 0 Å². The summed E-state index contributed by atoms with van der Waals surface area (Å²) >= 11 is 0. The summed E-state index contributed by atoms with van der Waals surface area (Å²) in [7, 11) is 0. The highest BCUT2D eigenvalue weighted by Crippen LogP contribution is 2.17. The number of rotatable bonds is 5. The third kappa shape index (κ3) is 4.27. The van der Waals surface area contributed by atoms with Crippen LogP contribution < -0.4 is 0 Å². The van der Waals surface area contributed by atoms with Crippen LogP contribution >= 0.6 is 0 Å². The van der Waals surface area contributed by atoms with E-state index in [4.69, 9.17) is 10.1 Å². The Bertz CT molecular complexity index is 446. The largest absolute Gasteiger partial charge is 0.444 e. The van der Waals surface area contributed by atoms with Gasteiger partial charge >= 0.3 is 0 Å². The summed E-state index contributed by atoms with van der Waals surface area (Å²) in [6.45, 7) is 11.4. The predicted molar refractivity (Wildman–Crippen MR) is 72.3 cm³/mol. The summed E-state index contributed by atoms with van der Waals surface area (Å²) in [6, 6.07) is 8.30. The van der Waals surface area contributed by atoms with E-state index in [-0.39, 0.29) is 5.90 Å². The molecule has 0 heterocycles. The molecule has 0 aromatic heterocycles. The molecule has 1 aromatic carbocycles. The second-order valence-electron chi connectivity index (χ2n) is 4.11. The van der Waals surface area contributed by atoms with Crippen LogP contribution in [0.2, 0.25) is 0 Å². The van der Waals surface area contributed by atoms with Crippen LogP contribution in [0, 0.1) is 12.3 Å². The van der Waals surface area contributed by atoms with Gasteiger partial charge in [0.2, 0.25) is 0 Å². The molecule has 0 aliphatic heterocycles. The number of aryl methyl sites for hydroxylation is 2. The Kier molecular flexibility index (Phi) is 4.70. The molecule has 0 aliphatic carbocycles. The Morgan fingerprint density at radius 2 is 1.94 bits per heavy atom. The monoisotopic (exact) mass is 229 g/mol. The third-order valence-electron chi connectivity index (χ3n) is 2.63. The molecular formula is C15H19NO. The van der Waals surface area contributed by atoms with Gasteiger partial charge in [-0.25, -0.2) is 0 Å². The van der Waals surface area contributed by atoms with Gasteiger partial charge in [0.1, 0.15) is 5.76 Å². The lowest BCUT2D eigenvalue weighted by molar-refractivity contribution is 0.417. The van der Waals surface area contributed by atoms with Gasteiger partial charge in [-0.1, -0.05) is 37.4 Å². The average Bonchev–Trinajstić information content (AvgIpc) is 2.26. The summed E-state index contributed by atoms with van der Waals surface area (Å²) < 4.78 is 5.12. The van der Waals surface area contributed by atoms with Crippen molar-refractivity contribution in [1.29, 1.82) is 5.41 Å². The van der Waals surface area contributed by atoms with Crippen LogP contribution in [0.25, 0.3) is 0 Å². The molecule has 0 radical (unpaired) electrons. The van der Waals surface area contributed by atoms with E-state index in [0.29, 0.717) is 5.76 Å². The van der Waals surface area contributed by atoms with Gasteiger partial charge in [-0.2, -0.15) is 0 Å². The molecule has 1 rings (SSSR count). The van der Waals surface area contributed by atoms with Crippen LogP contribution in [0.5, 0.6) is 0 Å². The number of nitrogens with one attached hydrogen (secondary N) is 1. The number of allylic oxidation sites excluding steroid dienone is 1. The van der Waals surface area contributed by atoms with Crippen molar-refractivity contribution in [1.82, 2.24) is 0 Å². The minimum absolute atomic E-state index is 0.145. The van der Waals surface area contributed by atoms with Crippen LogP contribution in [-0.2, 0) is 11.2 Å². The maximum absolute atomic E-state index is 7.22. The molecule has 0 bridgehead atoms. The zero-order valence-electron chi connectivity index (χ0n) is 10.5. The smallest absolute Gasteiger partial charge is 0.184 e. The van der Waals surface area contributed by atoms with Crippen molar-refractivity contribution in [3.05, 3.63) is 59.9 Å². The molecular weight excluding hydrogens is 210 g/mol. The van der Waals surface area contributed by atoms with Crippen molar-refractivity contribution in [2.75, 3.05) is 0 Å². The number of hydrogen-bond acceptors (Lipinski definition) is 2. The van der Waals surface area contributed by atoms with Gasteiger partial charge in [0.05, 0.1) is 0 Å². The fourth-order valence-corrected chi connectivity index (χ4v) is 1.57. The first-order valence-corrected chi connectivity index (χ1v) is 5.65. The van der Waals surface area contributed by atoms with Crippen LogP contribution in [0.15, 0.2) is 48.8 Å². The molecule has 0 unspecified atom stereocenters. The lowest BCUT2D eigenvalue weighted by Crippen LogP contribution is -2.00. The lowest BCUT2D eigenvalue weighted by atomic mass is 10.0. The topological polar surface area (TPSA) is 33.1 Å². The van der Waals surface area contributed by atoms with Crippen molar-refractivity contribution >= 4 is 5.90 Å². The molecule has 2 nitrogen and oxygen atoms in total. The molecule has 0 saturated carbocycles. The average molecular weight is 229 g/mol. The number of benzene rings is 1. The van der Waals surface area contributed by atoms with Gasteiger partial charge in [0, 0.05) is 6.92 Å². The zero-order valence-corrected chi connectivity index (χ0v) is 10.5. The predicted octanol–water partition coefficient (Wildman–Crippen LogP) is 4.01. The Hall–Kier alpha value is -1.83. The fraction of sp³-hybridized carbons (Fsp3) is 0.267. The standard InChI is InChI=1S/C15H19NO/c1-11(13(3)17-14(4)16)9-10-15-8-6-5-7-12(15)2/h5-8,16H,1,3,9-10H2,2,4H3. The van der Waals surface area contributed by atoms with Crippen molar-refractivity contribution in [3.63, 3.8) is 0 Å². The normalized spacial score (nSPS) is 9.76. The molecule has 90 valence electrons. The summed E-state index contributed by atoms with van der Waals surface area (Å²) in [5.41, 5.74) is 3.45. The van der Waals surface area contributed by atoms with E-state index in [0.717, 1.165) is 18.4 Å². The molecule has 0 aliphatic rings. The summed E-state index contributed by atoms with van der Waals surface area (Å²) in [5.74, 6) is 0.637. The van der Waals surface area contributed by atoms with E-state index in [2.05, 4.69) is 32.2 Å². The second-order valence-corrected chi connectivity index (χ2v) is 4.11. The summed E-state index contributed by atoms with van der Waals surface area (Å²) in [4.78, 5) is 0. The Morgan fingerprint density at radius 3 is 2.53 bits per heavy atom. The highest BCUT2D eigenvalue weighted by Gasteiger charge is 2.04. The van der Waals surface area contributed by atoms with Crippen LogP contribution in [0.1, 0.15) is 24.5 Å². The Balaban J connectivity index is 2.51. The van der Waals surface area contributed by atoms with Crippen LogP contribution in [-0.4, -0.2) is 5.90 Å². The molecule has 17 heavy (non-hydrogen) atoms. The third-order valence-corrected chi connectivity index (χ3v) is 2.63. The lowest BCUT2D eigenvalue weighted by Gasteiger charge is -2.10. The maximum Gasteiger partial charge on any atom is 0.184 e. The van der Waals surface area contributed by atoms with Crippen molar-refractivity contribution in [2.24, 2.45) is 0 Å². The SMILES string of the molecule is C=C(CCc1ccccc1C)C(=C)OC(C)=N. The zero-order chi connectivity index (χ0) is 12.8. The molecule has 1 aromatic rings. The Labute approximate surface area is 103 Å². The maximum atomic E-state index is 7.22. The number of ether oxygens (including phenoxy) is 1. The van der Waals surface area contributed by atoms with Gasteiger partial charge in [-0.15, -0.1) is 0 Å². The van der Waals surface area contributed by atoms with Gasteiger partial charge in [0.25, 0.3) is 0 Å². The highest BCUT2D eigenvalue weighted by molar-refractivity contribution is 5.71. The van der Waals surface area contributed by atoms with Gasteiger partial charge in [-0.05, 0) is 36.5 Å². The molecule has 0 fully saturated rings. The van der Waals surface area contributed by atoms with Gasteiger partial charge < -0.3 is 4.74 Å². The molecule has 0 spiro atoms. The quantitative estimate of drug-likeness (QED) is 0.352. The van der Waals surface area contributed by atoms with E-state index in [1.165, 1.54) is 11.1 Å². The molecule has 2 heteroatoms. The van der Waals surface area contributed by atoms with E-state index in [9.17, 15) is 0 Å². The van der Waals surface area contributed by atoms with Crippen LogP contribution in [0.4, 0.5) is 0 Å².